The number of anilines is 1. The Hall–Kier alpha value is -2.31. The molecule has 0 saturated carbocycles. The molecule has 2 aromatic carbocycles. The van der Waals surface area contributed by atoms with E-state index < -0.39 is 0 Å². The van der Waals surface area contributed by atoms with Gasteiger partial charge in [0.1, 0.15) is 11.5 Å². The van der Waals surface area contributed by atoms with Crippen LogP contribution in [0.2, 0.25) is 0 Å². The van der Waals surface area contributed by atoms with Gasteiger partial charge in [-0.1, -0.05) is 36.1 Å². The van der Waals surface area contributed by atoms with Crippen molar-refractivity contribution in [2.45, 2.75) is 13.8 Å². The van der Waals surface area contributed by atoms with Gasteiger partial charge in [-0.3, -0.25) is 9.69 Å². The summed E-state index contributed by atoms with van der Waals surface area (Å²) in [5.41, 5.74) is 3.31. The molecule has 2 N–H and O–H groups in total. The lowest BCUT2D eigenvalue weighted by Crippen LogP contribution is -2.28. The predicted molar refractivity (Wildman–Crippen MR) is 101 cm³/mol. The lowest BCUT2D eigenvalue weighted by Gasteiger charge is -2.18. The summed E-state index contributed by atoms with van der Waals surface area (Å²) < 4.78 is 0.457. The summed E-state index contributed by atoms with van der Waals surface area (Å²) in [4.78, 5) is 14.7. The van der Waals surface area contributed by atoms with E-state index in [9.17, 15) is 15.0 Å². The number of aryl methyl sites for hydroxylation is 1. The fraction of sp³-hybridized carbons (Fsp3) is 0.111. The number of amides is 1. The average Bonchev–Trinajstić information content (AvgIpc) is 2.80. The molecule has 4 nitrogen and oxygen atoms in total. The standard InChI is InChI=1S/C18H15NO3S2/c1-10-4-3-5-14(11(10)2)19-17(22)16(24-18(19)23)8-12-6-7-13(20)9-15(12)21/h3-9,20-21H,1-2H3. The molecule has 6 heteroatoms. The van der Waals surface area contributed by atoms with Crippen molar-refractivity contribution in [1.29, 1.82) is 0 Å². The molecule has 0 aliphatic carbocycles. The number of carbonyl (C=O) groups excluding carboxylic acids is 1. The molecule has 0 radical (unpaired) electrons. The molecule has 1 amide bonds. The molecule has 1 aliphatic heterocycles. The van der Waals surface area contributed by atoms with Crippen molar-refractivity contribution in [2.24, 2.45) is 0 Å². The monoisotopic (exact) mass is 357 g/mol. The van der Waals surface area contributed by atoms with Gasteiger partial charge in [-0.05, 0) is 49.2 Å². The average molecular weight is 357 g/mol. The van der Waals surface area contributed by atoms with Crippen LogP contribution in [-0.4, -0.2) is 20.4 Å². The van der Waals surface area contributed by atoms with Crippen molar-refractivity contribution in [3.63, 3.8) is 0 Å². The van der Waals surface area contributed by atoms with Crippen LogP contribution in [0.5, 0.6) is 11.5 Å². The zero-order valence-electron chi connectivity index (χ0n) is 13.1. The molecular formula is C18H15NO3S2. The number of carbonyl (C=O) groups is 1. The topological polar surface area (TPSA) is 60.8 Å². The van der Waals surface area contributed by atoms with Crippen LogP contribution >= 0.6 is 24.0 Å². The van der Waals surface area contributed by atoms with Crippen molar-refractivity contribution >= 4 is 46.0 Å². The molecule has 1 heterocycles. The molecule has 1 saturated heterocycles. The third kappa shape index (κ3) is 2.90. The zero-order valence-corrected chi connectivity index (χ0v) is 14.7. The van der Waals surface area contributed by atoms with E-state index in [2.05, 4.69) is 0 Å². The first kappa shape index (κ1) is 16.5. The van der Waals surface area contributed by atoms with Gasteiger partial charge < -0.3 is 10.2 Å². The normalized spacial score (nSPS) is 16.2. The van der Waals surface area contributed by atoms with Crippen molar-refractivity contribution in [3.8, 4) is 11.5 Å². The van der Waals surface area contributed by atoms with Crippen LogP contribution < -0.4 is 4.90 Å². The van der Waals surface area contributed by atoms with Crippen LogP contribution in [0.1, 0.15) is 16.7 Å². The Labute approximate surface area is 149 Å². The van der Waals surface area contributed by atoms with Crippen molar-refractivity contribution in [3.05, 3.63) is 58.0 Å². The molecule has 1 aliphatic rings. The van der Waals surface area contributed by atoms with Crippen LogP contribution in [0.25, 0.3) is 6.08 Å². The van der Waals surface area contributed by atoms with E-state index in [0.717, 1.165) is 16.8 Å². The second-order valence-corrected chi connectivity index (χ2v) is 7.16. The van der Waals surface area contributed by atoms with E-state index in [1.54, 1.807) is 12.1 Å². The highest BCUT2D eigenvalue weighted by molar-refractivity contribution is 8.27. The summed E-state index contributed by atoms with van der Waals surface area (Å²) in [5, 5.41) is 19.3. The highest BCUT2D eigenvalue weighted by Gasteiger charge is 2.34. The SMILES string of the molecule is Cc1cccc(N2C(=O)C(=Cc3ccc(O)cc3O)SC2=S)c1C. The number of thioether (sulfide) groups is 1. The van der Waals surface area contributed by atoms with Gasteiger partial charge >= 0.3 is 0 Å². The molecule has 122 valence electrons. The maximum Gasteiger partial charge on any atom is 0.270 e. The van der Waals surface area contributed by atoms with E-state index in [1.165, 1.54) is 28.8 Å². The van der Waals surface area contributed by atoms with E-state index in [-0.39, 0.29) is 17.4 Å². The Kier molecular flexibility index (Phi) is 4.34. The summed E-state index contributed by atoms with van der Waals surface area (Å²) in [7, 11) is 0. The molecule has 0 spiro atoms. The molecule has 0 aromatic heterocycles. The van der Waals surface area contributed by atoms with Gasteiger partial charge in [0.25, 0.3) is 5.91 Å². The third-order valence-electron chi connectivity index (χ3n) is 3.91. The minimum atomic E-state index is -0.217. The van der Waals surface area contributed by atoms with Gasteiger partial charge in [-0.15, -0.1) is 0 Å². The molecular weight excluding hydrogens is 342 g/mol. The first-order chi connectivity index (χ1) is 11.4. The maximum absolute atomic E-state index is 12.8. The molecule has 24 heavy (non-hydrogen) atoms. The summed E-state index contributed by atoms with van der Waals surface area (Å²) in [5.74, 6) is -0.342. The molecule has 0 unspecified atom stereocenters. The van der Waals surface area contributed by atoms with E-state index in [1.807, 2.05) is 32.0 Å². The Morgan fingerprint density at radius 3 is 2.62 bits per heavy atom. The summed E-state index contributed by atoms with van der Waals surface area (Å²) in [6, 6.07) is 9.99. The number of phenols is 2. The predicted octanol–water partition coefficient (Wildman–Crippen LogP) is 4.12. The van der Waals surface area contributed by atoms with Gasteiger partial charge in [-0.25, -0.2) is 0 Å². The summed E-state index contributed by atoms with van der Waals surface area (Å²) >= 11 is 6.57. The fourth-order valence-electron chi connectivity index (χ4n) is 2.45. The molecule has 3 rings (SSSR count). The summed E-state index contributed by atoms with van der Waals surface area (Å²) in [6.45, 7) is 3.94. The van der Waals surface area contributed by atoms with Crippen LogP contribution in [-0.2, 0) is 4.79 Å². The minimum Gasteiger partial charge on any atom is -0.508 e. The van der Waals surface area contributed by atoms with E-state index in [0.29, 0.717) is 14.8 Å². The van der Waals surface area contributed by atoms with Crippen molar-refractivity contribution < 1.29 is 15.0 Å². The minimum absolute atomic E-state index is 0.0346. The van der Waals surface area contributed by atoms with Crippen LogP contribution in [0, 0.1) is 13.8 Å². The number of nitrogens with zero attached hydrogens (tertiary/aromatic N) is 1. The third-order valence-corrected chi connectivity index (χ3v) is 5.21. The smallest absolute Gasteiger partial charge is 0.270 e. The van der Waals surface area contributed by atoms with Gasteiger partial charge in [0, 0.05) is 11.6 Å². The quantitative estimate of drug-likeness (QED) is 0.625. The first-order valence-electron chi connectivity index (χ1n) is 7.24. The number of aromatic hydroxyl groups is 2. The molecule has 1 fully saturated rings. The Bertz CT molecular complexity index is 890. The van der Waals surface area contributed by atoms with Gasteiger partial charge in [0.2, 0.25) is 0 Å². The number of hydrogen-bond donors (Lipinski definition) is 2. The number of benzene rings is 2. The van der Waals surface area contributed by atoms with Crippen molar-refractivity contribution in [2.75, 3.05) is 4.90 Å². The molecule has 2 aromatic rings. The summed E-state index contributed by atoms with van der Waals surface area (Å²) in [6.07, 6.45) is 1.58. The van der Waals surface area contributed by atoms with E-state index >= 15 is 0 Å². The molecule has 0 atom stereocenters. The number of thiocarbonyl (C=S) groups is 1. The Morgan fingerprint density at radius 1 is 1.17 bits per heavy atom. The second-order valence-electron chi connectivity index (χ2n) is 5.48. The Morgan fingerprint density at radius 2 is 1.92 bits per heavy atom. The highest BCUT2D eigenvalue weighted by Crippen LogP contribution is 2.38. The largest absolute Gasteiger partial charge is 0.508 e. The molecule has 0 bridgehead atoms. The number of hydrogen-bond acceptors (Lipinski definition) is 5. The zero-order chi connectivity index (χ0) is 17.4. The van der Waals surface area contributed by atoms with Gasteiger partial charge in [-0.2, -0.15) is 0 Å². The number of rotatable bonds is 2. The van der Waals surface area contributed by atoms with Crippen molar-refractivity contribution in [1.82, 2.24) is 0 Å². The Balaban J connectivity index is 2.00. The second kappa shape index (κ2) is 6.30. The van der Waals surface area contributed by atoms with Crippen LogP contribution in [0.15, 0.2) is 41.3 Å². The lowest BCUT2D eigenvalue weighted by atomic mass is 10.1. The van der Waals surface area contributed by atoms with Gasteiger partial charge in [0.05, 0.1) is 10.6 Å². The highest BCUT2D eigenvalue weighted by atomic mass is 32.2. The number of phenolic OH excluding ortho intramolecular Hbond substituents is 2. The van der Waals surface area contributed by atoms with Crippen LogP contribution in [0.4, 0.5) is 5.69 Å². The fourth-order valence-corrected chi connectivity index (χ4v) is 3.72. The first-order valence-corrected chi connectivity index (χ1v) is 8.47. The van der Waals surface area contributed by atoms with Gasteiger partial charge in [0.15, 0.2) is 4.32 Å². The maximum atomic E-state index is 12.8. The van der Waals surface area contributed by atoms with E-state index in [4.69, 9.17) is 12.2 Å². The lowest BCUT2D eigenvalue weighted by molar-refractivity contribution is -0.113. The van der Waals surface area contributed by atoms with Crippen LogP contribution in [0.3, 0.4) is 0 Å².